The number of hydrogen-bond acceptors (Lipinski definition) is 4. The van der Waals surface area contributed by atoms with Crippen molar-refractivity contribution in [3.05, 3.63) is 56.2 Å². The molecule has 0 fully saturated rings. The summed E-state index contributed by atoms with van der Waals surface area (Å²) in [6.07, 6.45) is 2.57. The summed E-state index contributed by atoms with van der Waals surface area (Å²) in [5.41, 5.74) is 4.02. The average Bonchev–Trinajstić information content (AvgIpc) is 2.84. The van der Waals surface area contributed by atoms with Gasteiger partial charge >= 0.3 is 0 Å². The molecule has 1 unspecified atom stereocenters. The average molecular weight is 364 g/mol. The number of dihydropyridines is 1. The first kappa shape index (κ1) is 15.9. The largest absolute Gasteiger partial charge is 0.361 e. The van der Waals surface area contributed by atoms with E-state index in [1.165, 1.54) is 0 Å². The van der Waals surface area contributed by atoms with Crippen LogP contribution in [0, 0.1) is 6.92 Å². The fourth-order valence-electron chi connectivity index (χ4n) is 3.94. The third kappa shape index (κ3) is 2.33. The summed E-state index contributed by atoms with van der Waals surface area (Å²) in [5, 5.41) is 3.90. The summed E-state index contributed by atoms with van der Waals surface area (Å²) >= 11 is 6.13. The standard InChI is InChI=1S/C18H18ClNO3S/c1-10-9-11(5-6-12(10)19)16-17-13(3-2-4-15(17)21)20-14-7-8-24(22,23)18(14)16/h5-6,9,16,20H,2-4,7-8H2,1H3. The normalized spacial score (nSPS) is 25.4. The van der Waals surface area contributed by atoms with Gasteiger partial charge in [-0.3, -0.25) is 4.79 Å². The van der Waals surface area contributed by atoms with Crippen LogP contribution in [0.5, 0.6) is 0 Å². The molecule has 0 saturated carbocycles. The van der Waals surface area contributed by atoms with E-state index in [0.29, 0.717) is 28.3 Å². The summed E-state index contributed by atoms with van der Waals surface area (Å²) < 4.78 is 25.3. The van der Waals surface area contributed by atoms with Crippen LogP contribution < -0.4 is 5.32 Å². The zero-order valence-corrected chi connectivity index (χ0v) is 14.9. The van der Waals surface area contributed by atoms with Crippen LogP contribution in [0.25, 0.3) is 0 Å². The Kier molecular flexibility index (Phi) is 3.62. The Morgan fingerprint density at radius 1 is 1.17 bits per heavy atom. The Bertz CT molecular complexity index is 928. The molecule has 1 atom stereocenters. The molecular weight excluding hydrogens is 346 g/mol. The summed E-state index contributed by atoms with van der Waals surface area (Å²) in [6.45, 7) is 1.89. The number of allylic oxidation sites excluding steroid dienone is 4. The van der Waals surface area contributed by atoms with Crippen molar-refractivity contribution >= 4 is 27.2 Å². The highest BCUT2D eigenvalue weighted by Gasteiger charge is 2.44. The van der Waals surface area contributed by atoms with Gasteiger partial charge in [0.25, 0.3) is 0 Å². The number of benzene rings is 1. The number of halogens is 1. The first-order chi connectivity index (χ1) is 11.4. The van der Waals surface area contributed by atoms with E-state index in [9.17, 15) is 13.2 Å². The maximum Gasteiger partial charge on any atom is 0.177 e. The number of carbonyl (C=O) groups excluding carboxylic acids is 1. The molecule has 0 aromatic heterocycles. The zero-order chi connectivity index (χ0) is 17.1. The molecule has 0 saturated heterocycles. The smallest absolute Gasteiger partial charge is 0.177 e. The Hall–Kier alpha value is -1.59. The Morgan fingerprint density at radius 2 is 1.96 bits per heavy atom. The lowest BCUT2D eigenvalue weighted by Crippen LogP contribution is -2.32. The first-order valence-electron chi connectivity index (χ1n) is 8.13. The van der Waals surface area contributed by atoms with Crippen LogP contribution >= 0.6 is 11.6 Å². The van der Waals surface area contributed by atoms with Crippen LogP contribution in [0.3, 0.4) is 0 Å². The first-order valence-corrected chi connectivity index (χ1v) is 10.2. The Labute approximate surface area is 146 Å². The predicted molar refractivity (Wildman–Crippen MR) is 93.4 cm³/mol. The molecule has 1 aliphatic carbocycles. The summed E-state index contributed by atoms with van der Waals surface area (Å²) in [5.74, 6) is -0.329. The number of carbonyl (C=O) groups is 1. The van der Waals surface area contributed by atoms with Gasteiger partial charge in [-0.15, -0.1) is 0 Å². The number of aryl methyl sites for hydroxylation is 1. The van der Waals surface area contributed by atoms with E-state index in [0.717, 1.165) is 35.4 Å². The number of rotatable bonds is 1. The minimum absolute atomic E-state index is 0.0509. The lowest BCUT2D eigenvalue weighted by Gasteiger charge is -2.33. The molecule has 1 N–H and O–H groups in total. The number of nitrogens with one attached hydrogen (secondary N) is 1. The lowest BCUT2D eigenvalue weighted by atomic mass is 9.79. The van der Waals surface area contributed by atoms with Crippen molar-refractivity contribution in [1.82, 2.24) is 5.32 Å². The molecule has 0 bridgehead atoms. The van der Waals surface area contributed by atoms with Gasteiger partial charge in [0.15, 0.2) is 15.6 Å². The third-order valence-electron chi connectivity index (χ3n) is 5.08. The topological polar surface area (TPSA) is 63.2 Å². The van der Waals surface area contributed by atoms with Crippen LogP contribution in [0.1, 0.15) is 42.7 Å². The lowest BCUT2D eigenvalue weighted by molar-refractivity contribution is -0.116. The zero-order valence-electron chi connectivity index (χ0n) is 13.4. The maximum absolute atomic E-state index is 12.7. The highest BCUT2D eigenvalue weighted by atomic mass is 35.5. The van der Waals surface area contributed by atoms with Gasteiger partial charge < -0.3 is 5.32 Å². The van der Waals surface area contributed by atoms with Crippen molar-refractivity contribution in [3.63, 3.8) is 0 Å². The van der Waals surface area contributed by atoms with E-state index in [4.69, 9.17) is 11.6 Å². The van der Waals surface area contributed by atoms with Crippen LogP contribution in [0.4, 0.5) is 0 Å². The number of Topliss-reactive ketones (excluding diaryl/α,β-unsaturated/α-hetero) is 1. The highest BCUT2D eigenvalue weighted by molar-refractivity contribution is 7.95. The van der Waals surface area contributed by atoms with Crippen molar-refractivity contribution in [2.75, 3.05) is 5.75 Å². The van der Waals surface area contributed by atoms with Crippen LogP contribution in [0.2, 0.25) is 5.02 Å². The second-order valence-corrected chi connectivity index (χ2v) is 9.13. The van der Waals surface area contributed by atoms with Crippen molar-refractivity contribution in [2.45, 2.75) is 38.5 Å². The molecule has 4 rings (SSSR count). The highest BCUT2D eigenvalue weighted by Crippen LogP contribution is 2.47. The van der Waals surface area contributed by atoms with Crippen LogP contribution in [-0.2, 0) is 14.6 Å². The Balaban J connectivity index is 1.96. The minimum Gasteiger partial charge on any atom is -0.361 e. The molecule has 24 heavy (non-hydrogen) atoms. The van der Waals surface area contributed by atoms with Crippen LogP contribution in [0.15, 0.2) is 40.1 Å². The third-order valence-corrected chi connectivity index (χ3v) is 7.40. The van der Waals surface area contributed by atoms with Gasteiger partial charge in [-0.2, -0.15) is 0 Å². The van der Waals surface area contributed by atoms with Crippen molar-refractivity contribution < 1.29 is 13.2 Å². The minimum atomic E-state index is -3.34. The van der Waals surface area contributed by atoms with E-state index in [2.05, 4.69) is 5.32 Å². The molecule has 0 spiro atoms. The van der Waals surface area contributed by atoms with E-state index < -0.39 is 15.8 Å². The molecule has 126 valence electrons. The molecule has 3 aliphatic rings. The molecule has 6 heteroatoms. The molecule has 0 radical (unpaired) electrons. The van der Waals surface area contributed by atoms with Crippen molar-refractivity contribution in [2.24, 2.45) is 0 Å². The van der Waals surface area contributed by atoms with Gasteiger partial charge in [0.05, 0.1) is 16.6 Å². The molecule has 1 aromatic carbocycles. The second-order valence-electron chi connectivity index (χ2n) is 6.65. The van der Waals surface area contributed by atoms with Crippen molar-refractivity contribution in [1.29, 1.82) is 0 Å². The summed E-state index contributed by atoms with van der Waals surface area (Å²) in [4.78, 5) is 13.0. The molecule has 4 nitrogen and oxygen atoms in total. The quantitative estimate of drug-likeness (QED) is 0.830. The second kappa shape index (κ2) is 5.46. The molecule has 2 heterocycles. The van der Waals surface area contributed by atoms with Gasteiger partial charge in [0, 0.05) is 34.8 Å². The fraction of sp³-hybridized carbons (Fsp3) is 0.389. The number of sulfone groups is 1. The van der Waals surface area contributed by atoms with Crippen LogP contribution in [-0.4, -0.2) is 20.0 Å². The summed E-state index contributed by atoms with van der Waals surface area (Å²) in [7, 11) is -3.34. The Morgan fingerprint density at radius 3 is 2.71 bits per heavy atom. The van der Waals surface area contributed by atoms with Gasteiger partial charge in [-0.05, 0) is 37.0 Å². The molecular formula is C18H18ClNO3S. The fourth-order valence-corrected chi connectivity index (χ4v) is 5.89. The molecule has 1 aromatic rings. The van der Waals surface area contributed by atoms with E-state index in [1.807, 2.05) is 19.1 Å². The molecule has 2 aliphatic heterocycles. The van der Waals surface area contributed by atoms with Gasteiger partial charge in [0.1, 0.15) is 0 Å². The SMILES string of the molecule is Cc1cc(C2C3=C(CCCC3=O)NC3=C2S(=O)(=O)CC3)ccc1Cl. The monoisotopic (exact) mass is 363 g/mol. The van der Waals surface area contributed by atoms with Gasteiger partial charge in [-0.25, -0.2) is 8.42 Å². The maximum atomic E-state index is 12.7. The molecule has 0 amide bonds. The van der Waals surface area contributed by atoms with Gasteiger partial charge in [0.2, 0.25) is 0 Å². The summed E-state index contributed by atoms with van der Waals surface area (Å²) in [6, 6.07) is 5.53. The predicted octanol–water partition coefficient (Wildman–Crippen LogP) is 3.37. The number of ketones is 1. The van der Waals surface area contributed by atoms with Crippen molar-refractivity contribution in [3.8, 4) is 0 Å². The van der Waals surface area contributed by atoms with E-state index >= 15 is 0 Å². The van der Waals surface area contributed by atoms with Gasteiger partial charge in [-0.1, -0.05) is 23.7 Å². The number of hydrogen-bond donors (Lipinski definition) is 1. The van der Waals surface area contributed by atoms with E-state index in [1.54, 1.807) is 6.07 Å². The van der Waals surface area contributed by atoms with E-state index in [-0.39, 0.29) is 11.5 Å².